The molecule has 0 aliphatic heterocycles. The Labute approximate surface area is 97.1 Å². The molecule has 0 aliphatic carbocycles. The number of hydrogen-bond donors (Lipinski definition) is 3. The van der Waals surface area contributed by atoms with Gasteiger partial charge in [-0.2, -0.15) is 0 Å². The molecule has 0 saturated carbocycles. The molecule has 2 aromatic rings. The van der Waals surface area contributed by atoms with Crippen molar-refractivity contribution in [2.45, 2.75) is 13.0 Å². The summed E-state index contributed by atoms with van der Waals surface area (Å²) >= 11 is 0. The molecule has 0 fully saturated rings. The molecular formula is C11H12N4O2. The second-order valence-corrected chi connectivity index (χ2v) is 3.63. The van der Waals surface area contributed by atoms with Gasteiger partial charge in [-0.05, 0) is 12.5 Å². The minimum Gasteiger partial charge on any atom is -0.343 e. The van der Waals surface area contributed by atoms with Crippen LogP contribution in [0.4, 0.5) is 0 Å². The standard InChI is InChI=1S/C11H12N4O2/c1-7(8-5-3-2-4-6-8)12-10(16)9-13-11(17)15-14-9/h2-7H,1H3,(H,12,16)(H2,13,14,15,17)/t7-/m0/s1. The van der Waals surface area contributed by atoms with Crippen molar-refractivity contribution in [2.75, 3.05) is 0 Å². The van der Waals surface area contributed by atoms with Gasteiger partial charge in [-0.25, -0.2) is 9.89 Å². The molecule has 88 valence electrons. The van der Waals surface area contributed by atoms with Crippen molar-refractivity contribution in [1.82, 2.24) is 20.5 Å². The predicted octanol–water partition coefficient (Wildman–Crippen LogP) is 0.589. The van der Waals surface area contributed by atoms with E-state index in [0.717, 1.165) is 5.56 Å². The Balaban J connectivity index is 2.07. The monoisotopic (exact) mass is 232 g/mol. The number of nitrogens with zero attached hydrogens (tertiary/aromatic N) is 1. The van der Waals surface area contributed by atoms with E-state index in [1.54, 1.807) is 0 Å². The predicted molar refractivity (Wildman–Crippen MR) is 61.5 cm³/mol. The molecule has 6 nitrogen and oxygen atoms in total. The minimum absolute atomic E-state index is 0.0159. The number of carbonyl (C=O) groups excluding carboxylic acids is 1. The molecule has 0 bridgehead atoms. The highest BCUT2D eigenvalue weighted by Gasteiger charge is 2.13. The van der Waals surface area contributed by atoms with Gasteiger partial charge in [0.1, 0.15) is 0 Å². The maximum absolute atomic E-state index is 11.7. The van der Waals surface area contributed by atoms with Gasteiger partial charge >= 0.3 is 5.69 Å². The number of rotatable bonds is 3. The fourth-order valence-corrected chi connectivity index (χ4v) is 1.47. The molecule has 17 heavy (non-hydrogen) atoms. The maximum Gasteiger partial charge on any atom is 0.341 e. The van der Waals surface area contributed by atoms with Crippen LogP contribution in [0.1, 0.15) is 29.1 Å². The lowest BCUT2D eigenvalue weighted by atomic mass is 10.1. The molecule has 1 aromatic carbocycles. The van der Waals surface area contributed by atoms with Gasteiger partial charge in [0.05, 0.1) is 6.04 Å². The van der Waals surface area contributed by atoms with E-state index >= 15 is 0 Å². The lowest BCUT2D eigenvalue weighted by Gasteiger charge is -2.12. The fourth-order valence-electron chi connectivity index (χ4n) is 1.47. The molecule has 1 amide bonds. The van der Waals surface area contributed by atoms with Crippen LogP contribution in [0, 0.1) is 0 Å². The summed E-state index contributed by atoms with van der Waals surface area (Å²) < 4.78 is 0. The average Bonchev–Trinajstić information content (AvgIpc) is 2.77. The van der Waals surface area contributed by atoms with Crippen molar-refractivity contribution in [2.24, 2.45) is 0 Å². The normalized spacial score (nSPS) is 12.1. The van der Waals surface area contributed by atoms with Gasteiger partial charge in [-0.3, -0.25) is 9.78 Å². The Bertz CT molecular complexity index is 558. The molecule has 0 unspecified atom stereocenters. The van der Waals surface area contributed by atoms with Crippen molar-refractivity contribution < 1.29 is 4.79 Å². The van der Waals surface area contributed by atoms with Crippen LogP contribution in [0.3, 0.4) is 0 Å². The van der Waals surface area contributed by atoms with Crippen LogP contribution in [-0.4, -0.2) is 21.1 Å². The van der Waals surface area contributed by atoms with Crippen LogP contribution < -0.4 is 11.0 Å². The quantitative estimate of drug-likeness (QED) is 0.723. The smallest absolute Gasteiger partial charge is 0.341 e. The second kappa shape index (κ2) is 4.65. The van der Waals surface area contributed by atoms with E-state index in [1.165, 1.54) is 0 Å². The summed E-state index contributed by atoms with van der Waals surface area (Å²) in [6.07, 6.45) is 0. The zero-order chi connectivity index (χ0) is 12.3. The first kappa shape index (κ1) is 11.1. The van der Waals surface area contributed by atoms with Gasteiger partial charge < -0.3 is 5.32 Å². The van der Waals surface area contributed by atoms with E-state index in [2.05, 4.69) is 20.5 Å². The van der Waals surface area contributed by atoms with E-state index in [-0.39, 0.29) is 11.9 Å². The lowest BCUT2D eigenvalue weighted by Crippen LogP contribution is -2.27. The molecule has 3 N–H and O–H groups in total. The third kappa shape index (κ3) is 2.60. The topological polar surface area (TPSA) is 90.6 Å². The first-order valence-electron chi connectivity index (χ1n) is 5.17. The molecule has 1 aromatic heterocycles. The molecule has 2 rings (SSSR count). The number of benzene rings is 1. The van der Waals surface area contributed by atoms with Crippen LogP contribution in [0.15, 0.2) is 35.1 Å². The van der Waals surface area contributed by atoms with Crippen LogP contribution in [0.2, 0.25) is 0 Å². The number of hydrogen-bond acceptors (Lipinski definition) is 3. The van der Waals surface area contributed by atoms with Gasteiger partial charge in [0.25, 0.3) is 5.91 Å². The highest BCUT2D eigenvalue weighted by molar-refractivity contribution is 5.90. The number of amides is 1. The molecule has 6 heteroatoms. The van der Waals surface area contributed by atoms with E-state index < -0.39 is 11.6 Å². The van der Waals surface area contributed by atoms with E-state index in [9.17, 15) is 9.59 Å². The number of H-pyrrole nitrogens is 2. The Morgan fingerprint density at radius 3 is 2.65 bits per heavy atom. The minimum atomic E-state index is -0.498. The Kier molecular flexibility index (Phi) is 3.04. The summed E-state index contributed by atoms with van der Waals surface area (Å²) in [4.78, 5) is 24.8. The summed E-state index contributed by atoms with van der Waals surface area (Å²) in [6.45, 7) is 1.86. The molecule has 1 atom stereocenters. The third-order valence-corrected chi connectivity index (χ3v) is 2.36. The first-order valence-corrected chi connectivity index (χ1v) is 5.17. The van der Waals surface area contributed by atoms with Gasteiger partial charge in [0.2, 0.25) is 5.82 Å². The number of carbonyl (C=O) groups is 1. The van der Waals surface area contributed by atoms with Crippen molar-refractivity contribution in [3.05, 3.63) is 52.2 Å². The van der Waals surface area contributed by atoms with Gasteiger partial charge in [0, 0.05) is 0 Å². The summed E-state index contributed by atoms with van der Waals surface area (Å²) in [7, 11) is 0. The third-order valence-electron chi connectivity index (χ3n) is 2.36. The van der Waals surface area contributed by atoms with E-state index in [4.69, 9.17) is 0 Å². The van der Waals surface area contributed by atoms with Crippen LogP contribution in [0.5, 0.6) is 0 Å². The first-order chi connectivity index (χ1) is 8.16. The zero-order valence-corrected chi connectivity index (χ0v) is 9.23. The van der Waals surface area contributed by atoms with Crippen LogP contribution in [0.25, 0.3) is 0 Å². The summed E-state index contributed by atoms with van der Waals surface area (Å²) in [6, 6.07) is 9.38. The average molecular weight is 232 g/mol. The highest BCUT2D eigenvalue weighted by atomic mass is 16.2. The Morgan fingerprint density at radius 2 is 2.06 bits per heavy atom. The SMILES string of the molecule is C[C@H](NC(=O)c1n[nH]c(=O)[nH]1)c1ccccc1. The largest absolute Gasteiger partial charge is 0.343 e. The Morgan fingerprint density at radius 1 is 1.35 bits per heavy atom. The lowest BCUT2D eigenvalue weighted by molar-refractivity contribution is 0.0929. The molecule has 1 heterocycles. The second-order valence-electron chi connectivity index (χ2n) is 3.63. The molecule has 0 aliphatic rings. The number of aromatic nitrogens is 3. The van der Waals surface area contributed by atoms with Crippen molar-refractivity contribution >= 4 is 5.91 Å². The zero-order valence-electron chi connectivity index (χ0n) is 9.23. The highest BCUT2D eigenvalue weighted by Crippen LogP contribution is 2.11. The molecule has 0 radical (unpaired) electrons. The van der Waals surface area contributed by atoms with Crippen molar-refractivity contribution in [1.29, 1.82) is 0 Å². The van der Waals surface area contributed by atoms with E-state index in [1.807, 2.05) is 37.3 Å². The van der Waals surface area contributed by atoms with Crippen LogP contribution >= 0.6 is 0 Å². The number of aromatic amines is 2. The summed E-state index contributed by atoms with van der Waals surface area (Å²) in [5, 5.41) is 8.43. The Hall–Kier alpha value is -2.37. The summed E-state index contributed by atoms with van der Waals surface area (Å²) in [5.74, 6) is -0.433. The van der Waals surface area contributed by atoms with Gasteiger partial charge in [-0.15, -0.1) is 5.10 Å². The van der Waals surface area contributed by atoms with Gasteiger partial charge in [-0.1, -0.05) is 30.3 Å². The molecule has 0 saturated heterocycles. The molecule has 0 spiro atoms. The fraction of sp³-hybridized carbons (Fsp3) is 0.182. The molecular weight excluding hydrogens is 220 g/mol. The number of nitrogens with one attached hydrogen (secondary N) is 3. The van der Waals surface area contributed by atoms with Crippen molar-refractivity contribution in [3.8, 4) is 0 Å². The van der Waals surface area contributed by atoms with Crippen molar-refractivity contribution in [3.63, 3.8) is 0 Å². The van der Waals surface area contributed by atoms with Crippen LogP contribution in [-0.2, 0) is 0 Å². The maximum atomic E-state index is 11.7. The van der Waals surface area contributed by atoms with E-state index in [0.29, 0.717) is 0 Å². The van der Waals surface area contributed by atoms with Gasteiger partial charge in [0.15, 0.2) is 0 Å². The summed E-state index contributed by atoms with van der Waals surface area (Å²) in [5.41, 5.74) is 0.487.